The molecule has 1 saturated heterocycles. The largest absolute Gasteiger partial charge is 0.377 e. The number of terminal acetylenes is 1. The van der Waals surface area contributed by atoms with Crippen LogP contribution in [0, 0.1) is 12.3 Å². The SMILES string of the molecule is C#Cc1ccc(NC(=O)N2C[C@H](OCC)C[C@@H]2C(=O)Nc2ccc(-n3ccccc3=O)cc2)cc1. The smallest absolute Gasteiger partial charge is 0.322 e. The number of amides is 3. The summed E-state index contributed by atoms with van der Waals surface area (Å²) in [4.78, 5) is 39.7. The van der Waals surface area contributed by atoms with Crippen LogP contribution in [0.5, 0.6) is 0 Å². The van der Waals surface area contributed by atoms with Gasteiger partial charge in [0, 0.05) is 54.5 Å². The summed E-state index contributed by atoms with van der Waals surface area (Å²) in [5, 5.41) is 5.71. The number of likely N-dealkylation sites (tertiary alicyclic amines) is 1. The molecule has 3 amide bonds. The summed E-state index contributed by atoms with van der Waals surface area (Å²) in [6, 6.07) is 17.7. The lowest BCUT2D eigenvalue weighted by molar-refractivity contribution is -0.119. The molecule has 4 rings (SSSR count). The Morgan fingerprint density at radius 3 is 2.37 bits per heavy atom. The third kappa shape index (κ3) is 5.60. The highest BCUT2D eigenvalue weighted by Gasteiger charge is 2.40. The number of benzene rings is 2. The summed E-state index contributed by atoms with van der Waals surface area (Å²) in [6.07, 6.45) is 7.22. The summed E-state index contributed by atoms with van der Waals surface area (Å²) in [6.45, 7) is 2.67. The third-order valence-corrected chi connectivity index (χ3v) is 5.77. The van der Waals surface area contributed by atoms with Crippen LogP contribution in [0.4, 0.5) is 16.2 Å². The van der Waals surface area contributed by atoms with Gasteiger partial charge in [-0.05, 0) is 61.5 Å². The molecule has 2 aromatic carbocycles. The first-order valence-corrected chi connectivity index (χ1v) is 11.3. The van der Waals surface area contributed by atoms with E-state index in [0.29, 0.717) is 42.2 Å². The van der Waals surface area contributed by atoms with Gasteiger partial charge in [-0.3, -0.25) is 14.2 Å². The number of rotatable bonds is 6. The van der Waals surface area contributed by atoms with Crippen LogP contribution in [0.3, 0.4) is 0 Å². The molecular formula is C27H26N4O4. The van der Waals surface area contributed by atoms with Crippen LogP contribution in [0.1, 0.15) is 18.9 Å². The van der Waals surface area contributed by atoms with Crippen molar-refractivity contribution in [1.82, 2.24) is 9.47 Å². The van der Waals surface area contributed by atoms with Crippen LogP contribution < -0.4 is 16.2 Å². The van der Waals surface area contributed by atoms with E-state index in [9.17, 15) is 14.4 Å². The van der Waals surface area contributed by atoms with E-state index in [1.807, 2.05) is 6.92 Å². The minimum Gasteiger partial charge on any atom is -0.377 e. The Kier molecular flexibility index (Phi) is 7.29. The van der Waals surface area contributed by atoms with E-state index in [0.717, 1.165) is 0 Å². The Labute approximate surface area is 203 Å². The van der Waals surface area contributed by atoms with E-state index in [4.69, 9.17) is 11.2 Å². The molecule has 35 heavy (non-hydrogen) atoms. The average molecular weight is 471 g/mol. The van der Waals surface area contributed by atoms with Crippen molar-refractivity contribution >= 4 is 23.3 Å². The topological polar surface area (TPSA) is 92.7 Å². The van der Waals surface area contributed by atoms with Crippen LogP contribution in [-0.2, 0) is 9.53 Å². The van der Waals surface area contributed by atoms with E-state index < -0.39 is 6.04 Å². The maximum Gasteiger partial charge on any atom is 0.322 e. The van der Waals surface area contributed by atoms with E-state index in [-0.39, 0.29) is 23.6 Å². The van der Waals surface area contributed by atoms with Crippen molar-refractivity contribution in [3.8, 4) is 18.0 Å². The number of pyridine rings is 1. The molecule has 0 bridgehead atoms. The molecule has 1 aliphatic heterocycles. The second-order valence-electron chi connectivity index (χ2n) is 8.08. The molecule has 0 unspecified atom stereocenters. The van der Waals surface area contributed by atoms with Crippen LogP contribution in [0.25, 0.3) is 5.69 Å². The Balaban J connectivity index is 1.46. The molecule has 8 heteroatoms. The van der Waals surface area contributed by atoms with Crippen molar-refractivity contribution in [2.45, 2.75) is 25.5 Å². The standard InChI is InChI=1S/C27H26N4O4/c1-3-19-8-10-21(11-9-19)29-27(34)31-18-23(35-4-2)17-24(31)26(33)28-20-12-14-22(15-13-20)30-16-6-5-7-25(30)32/h1,5-16,23-24H,4,17-18H2,2H3,(H,28,33)(H,29,34)/t23-,24-/m1/s1. The van der Waals surface area contributed by atoms with Crippen LogP contribution in [-0.4, -0.2) is 46.7 Å². The molecule has 2 heterocycles. The Morgan fingerprint density at radius 1 is 1.03 bits per heavy atom. The van der Waals surface area contributed by atoms with Gasteiger partial charge in [0.25, 0.3) is 5.56 Å². The Hall–Kier alpha value is -4.35. The summed E-state index contributed by atoms with van der Waals surface area (Å²) in [5.41, 5.74) is 2.39. The summed E-state index contributed by atoms with van der Waals surface area (Å²) >= 11 is 0. The maximum absolute atomic E-state index is 13.2. The number of aromatic nitrogens is 1. The molecular weight excluding hydrogens is 444 g/mol. The minimum atomic E-state index is -0.701. The highest BCUT2D eigenvalue weighted by molar-refractivity contribution is 5.99. The van der Waals surface area contributed by atoms with Gasteiger partial charge < -0.3 is 20.3 Å². The quantitative estimate of drug-likeness (QED) is 0.540. The monoisotopic (exact) mass is 470 g/mol. The first-order valence-electron chi connectivity index (χ1n) is 11.3. The van der Waals surface area contributed by atoms with Crippen molar-refractivity contribution in [2.24, 2.45) is 0 Å². The zero-order chi connectivity index (χ0) is 24.8. The highest BCUT2D eigenvalue weighted by Crippen LogP contribution is 2.24. The number of nitrogens with zero attached hydrogens (tertiary/aromatic N) is 2. The molecule has 178 valence electrons. The summed E-state index contributed by atoms with van der Waals surface area (Å²) in [5.74, 6) is 2.22. The fourth-order valence-electron chi connectivity index (χ4n) is 4.04. The predicted molar refractivity (Wildman–Crippen MR) is 135 cm³/mol. The van der Waals surface area contributed by atoms with Crippen molar-refractivity contribution in [3.63, 3.8) is 0 Å². The highest BCUT2D eigenvalue weighted by atomic mass is 16.5. The van der Waals surface area contributed by atoms with Crippen molar-refractivity contribution in [3.05, 3.63) is 88.8 Å². The summed E-state index contributed by atoms with van der Waals surface area (Å²) < 4.78 is 7.23. The number of anilines is 2. The molecule has 3 aromatic rings. The van der Waals surface area contributed by atoms with Crippen molar-refractivity contribution in [1.29, 1.82) is 0 Å². The van der Waals surface area contributed by atoms with Crippen molar-refractivity contribution < 1.29 is 14.3 Å². The van der Waals surface area contributed by atoms with Crippen LogP contribution in [0.15, 0.2) is 77.7 Å². The molecule has 0 aliphatic carbocycles. The van der Waals surface area contributed by atoms with Gasteiger partial charge in [-0.25, -0.2) is 4.79 Å². The van der Waals surface area contributed by atoms with Gasteiger partial charge in [-0.2, -0.15) is 0 Å². The fourth-order valence-corrected chi connectivity index (χ4v) is 4.04. The number of hydrogen-bond donors (Lipinski definition) is 2. The van der Waals surface area contributed by atoms with Gasteiger partial charge in [0.2, 0.25) is 5.91 Å². The molecule has 2 atom stereocenters. The fraction of sp³-hybridized carbons (Fsp3) is 0.222. The number of nitrogens with one attached hydrogen (secondary N) is 2. The zero-order valence-electron chi connectivity index (χ0n) is 19.3. The van der Waals surface area contributed by atoms with Crippen LogP contribution >= 0.6 is 0 Å². The van der Waals surface area contributed by atoms with Gasteiger partial charge in [0.05, 0.1) is 6.10 Å². The number of ether oxygens (including phenoxy) is 1. The zero-order valence-corrected chi connectivity index (χ0v) is 19.3. The molecule has 0 saturated carbocycles. The van der Waals surface area contributed by atoms with E-state index in [1.165, 1.54) is 15.5 Å². The third-order valence-electron chi connectivity index (χ3n) is 5.77. The minimum absolute atomic E-state index is 0.146. The number of hydrogen-bond acceptors (Lipinski definition) is 4. The van der Waals surface area contributed by atoms with Gasteiger partial charge in [-0.1, -0.05) is 12.0 Å². The van der Waals surface area contributed by atoms with Crippen LogP contribution in [0.2, 0.25) is 0 Å². The molecule has 1 fully saturated rings. The molecule has 1 aromatic heterocycles. The van der Waals surface area contributed by atoms with E-state index in [1.54, 1.807) is 66.9 Å². The number of carbonyl (C=O) groups excluding carboxylic acids is 2. The lowest BCUT2D eigenvalue weighted by Gasteiger charge is -2.24. The van der Waals surface area contributed by atoms with Crippen molar-refractivity contribution in [2.75, 3.05) is 23.8 Å². The van der Waals surface area contributed by atoms with Gasteiger partial charge in [0.1, 0.15) is 6.04 Å². The number of carbonyl (C=O) groups is 2. The van der Waals surface area contributed by atoms with Gasteiger partial charge in [0.15, 0.2) is 0 Å². The second kappa shape index (κ2) is 10.7. The summed E-state index contributed by atoms with van der Waals surface area (Å²) in [7, 11) is 0. The van der Waals surface area contributed by atoms with E-state index >= 15 is 0 Å². The molecule has 0 spiro atoms. The second-order valence-corrected chi connectivity index (χ2v) is 8.08. The maximum atomic E-state index is 13.2. The molecule has 0 radical (unpaired) electrons. The Bertz CT molecular complexity index is 1290. The predicted octanol–water partition coefficient (Wildman–Crippen LogP) is 3.47. The molecule has 1 aliphatic rings. The van der Waals surface area contributed by atoms with E-state index in [2.05, 4.69) is 16.6 Å². The molecule has 2 N–H and O–H groups in total. The number of urea groups is 1. The normalized spacial score (nSPS) is 17.0. The van der Waals surface area contributed by atoms with Gasteiger partial charge >= 0.3 is 6.03 Å². The Morgan fingerprint density at radius 2 is 1.71 bits per heavy atom. The van der Waals surface area contributed by atoms with Gasteiger partial charge in [-0.15, -0.1) is 6.42 Å². The lowest BCUT2D eigenvalue weighted by atomic mass is 10.1. The first-order chi connectivity index (χ1) is 17.0. The molecule has 8 nitrogen and oxygen atoms in total. The first kappa shape index (κ1) is 23.8. The lowest BCUT2D eigenvalue weighted by Crippen LogP contribution is -2.45. The average Bonchev–Trinajstić information content (AvgIpc) is 3.30.